The van der Waals surface area contributed by atoms with Gasteiger partial charge in [-0.2, -0.15) is 0 Å². The molecule has 10 heteroatoms. The van der Waals surface area contributed by atoms with Crippen LogP contribution in [0.1, 0.15) is 13.8 Å². The molecule has 1 aromatic carbocycles. The second-order valence-corrected chi connectivity index (χ2v) is 6.65. The van der Waals surface area contributed by atoms with Gasteiger partial charge in [0.1, 0.15) is 11.5 Å². The van der Waals surface area contributed by atoms with Gasteiger partial charge in [0.25, 0.3) is 11.1 Å². The van der Waals surface area contributed by atoms with Crippen LogP contribution in [-0.2, 0) is 9.59 Å². The quantitative estimate of drug-likeness (QED) is 0.615. The number of nitrogens with one attached hydrogen (secondary N) is 2. The molecule has 0 fully saturated rings. The molecule has 2 N–H and O–H groups in total. The molecule has 0 aliphatic rings. The van der Waals surface area contributed by atoms with Gasteiger partial charge in [-0.3, -0.25) is 9.59 Å². The van der Waals surface area contributed by atoms with Crippen molar-refractivity contribution in [1.82, 2.24) is 20.8 Å². The Hall–Kier alpha value is -2.75. The van der Waals surface area contributed by atoms with Crippen molar-refractivity contribution in [2.24, 2.45) is 0 Å². The van der Waals surface area contributed by atoms with E-state index < -0.39 is 0 Å². The van der Waals surface area contributed by atoms with Crippen molar-refractivity contribution in [2.45, 2.75) is 25.1 Å². The summed E-state index contributed by atoms with van der Waals surface area (Å²) < 4.78 is 16.0. The third kappa shape index (κ3) is 6.17. The normalized spacial score (nSPS) is 10.6. The Kier molecular flexibility index (Phi) is 7.47. The van der Waals surface area contributed by atoms with Crippen molar-refractivity contribution in [3.05, 3.63) is 18.2 Å². The average molecular weight is 394 g/mol. The Balaban J connectivity index is 1.91. The minimum atomic E-state index is -0.305. The third-order valence-corrected chi connectivity index (χ3v) is 4.09. The first kappa shape index (κ1) is 20.6. The second kappa shape index (κ2) is 9.81. The molecule has 0 spiro atoms. The summed E-state index contributed by atoms with van der Waals surface area (Å²) in [4.78, 5) is 23.3. The van der Waals surface area contributed by atoms with Crippen molar-refractivity contribution >= 4 is 23.6 Å². The molecule has 0 saturated carbocycles. The van der Waals surface area contributed by atoms with Crippen molar-refractivity contribution < 1.29 is 23.5 Å². The van der Waals surface area contributed by atoms with E-state index in [1.807, 2.05) is 13.8 Å². The molecular weight excluding hydrogens is 372 g/mol. The summed E-state index contributed by atoms with van der Waals surface area (Å²) in [5.74, 6) is 0.951. The number of hydrogen-bond donors (Lipinski definition) is 2. The highest BCUT2D eigenvalue weighted by Crippen LogP contribution is 2.33. The highest BCUT2D eigenvalue weighted by atomic mass is 32.2. The number of carbonyl (C=O) groups excluding carboxylic acids is 2. The van der Waals surface area contributed by atoms with Gasteiger partial charge in [0, 0.05) is 12.1 Å². The lowest BCUT2D eigenvalue weighted by Crippen LogP contribution is -2.40. The van der Waals surface area contributed by atoms with Gasteiger partial charge in [-0.25, -0.2) is 0 Å². The van der Waals surface area contributed by atoms with Crippen LogP contribution in [0.2, 0.25) is 0 Å². The number of hydrogen-bond acceptors (Lipinski definition) is 8. The summed E-state index contributed by atoms with van der Waals surface area (Å²) in [6.45, 7) is 3.62. The lowest BCUT2D eigenvalue weighted by molar-refractivity contribution is -0.125. The number of ether oxygens (including phenoxy) is 2. The summed E-state index contributed by atoms with van der Waals surface area (Å²) in [5.41, 5.74) is 0.618. The fourth-order valence-corrected chi connectivity index (χ4v) is 2.68. The molecule has 0 unspecified atom stereocenters. The molecule has 9 nitrogen and oxygen atoms in total. The van der Waals surface area contributed by atoms with E-state index in [2.05, 4.69) is 20.8 Å². The van der Waals surface area contributed by atoms with E-state index in [9.17, 15) is 9.59 Å². The molecule has 0 radical (unpaired) electrons. The molecule has 0 aliphatic heterocycles. The van der Waals surface area contributed by atoms with Crippen LogP contribution in [0.4, 0.5) is 0 Å². The standard InChI is InChI=1S/C17H22N4O5S/c1-10(2)19-14(22)8-18-15(23)9-27-17-21-20-16(26-17)12-6-5-11(24-3)7-13(12)25-4/h5-7,10H,8-9H2,1-4H3,(H,18,23)(H,19,22). The number of thioether (sulfide) groups is 1. The molecule has 146 valence electrons. The van der Waals surface area contributed by atoms with Gasteiger partial charge < -0.3 is 24.5 Å². The largest absolute Gasteiger partial charge is 0.497 e. The van der Waals surface area contributed by atoms with E-state index in [-0.39, 0.29) is 41.3 Å². The molecule has 0 aliphatic carbocycles. The zero-order chi connectivity index (χ0) is 19.8. The Morgan fingerprint density at radius 2 is 1.96 bits per heavy atom. The van der Waals surface area contributed by atoms with E-state index in [1.165, 1.54) is 7.11 Å². The second-order valence-electron chi connectivity index (χ2n) is 5.73. The van der Waals surface area contributed by atoms with Gasteiger partial charge in [-0.1, -0.05) is 11.8 Å². The molecule has 0 bridgehead atoms. The summed E-state index contributed by atoms with van der Waals surface area (Å²) in [7, 11) is 3.09. The highest BCUT2D eigenvalue weighted by molar-refractivity contribution is 7.99. The third-order valence-electron chi connectivity index (χ3n) is 3.27. The molecule has 0 saturated heterocycles. The first-order valence-corrected chi connectivity index (χ1v) is 9.16. The van der Waals surface area contributed by atoms with E-state index in [0.717, 1.165) is 11.8 Å². The smallest absolute Gasteiger partial charge is 0.277 e. The maximum absolute atomic E-state index is 11.8. The summed E-state index contributed by atoms with van der Waals surface area (Å²) in [5, 5.41) is 13.4. The SMILES string of the molecule is COc1ccc(-c2nnc(SCC(=O)NCC(=O)NC(C)C)o2)c(OC)c1. The van der Waals surface area contributed by atoms with Gasteiger partial charge in [0.2, 0.25) is 11.8 Å². The van der Waals surface area contributed by atoms with Crippen LogP contribution in [0.15, 0.2) is 27.8 Å². The first-order chi connectivity index (χ1) is 12.9. The summed E-state index contributed by atoms with van der Waals surface area (Å²) in [6.07, 6.45) is 0. The highest BCUT2D eigenvalue weighted by Gasteiger charge is 2.16. The number of aromatic nitrogens is 2. The van der Waals surface area contributed by atoms with Gasteiger partial charge in [0.15, 0.2) is 0 Å². The molecular formula is C17H22N4O5S. The summed E-state index contributed by atoms with van der Waals surface area (Å²) in [6, 6.07) is 5.24. The van der Waals surface area contributed by atoms with Crippen LogP contribution in [0.3, 0.4) is 0 Å². The van der Waals surface area contributed by atoms with Gasteiger partial charge in [-0.15, -0.1) is 10.2 Å². The molecule has 2 rings (SSSR count). The van der Waals surface area contributed by atoms with Crippen LogP contribution >= 0.6 is 11.8 Å². The number of methoxy groups -OCH3 is 2. The van der Waals surface area contributed by atoms with Gasteiger partial charge in [0.05, 0.1) is 32.1 Å². The minimum Gasteiger partial charge on any atom is -0.497 e. The molecule has 1 heterocycles. The van der Waals surface area contributed by atoms with Crippen LogP contribution in [-0.4, -0.2) is 54.6 Å². The van der Waals surface area contributed by atoms with E-state index in [0.29, 0.717) is 17.1 Å². The van der Waals surface area contributed by atoms with E-state index in [1.54, 1.807) is 25.3 Å². The van der Waals surface area contributed by atoms with Crippen molar-refractivity contribution in [3.63, 3.8) is 0 Å². The zero-order valence-corrected chi connectivity index (χ0v) is 16.4. The summed E-state index contributed by atoms with van der Waals surface area (Å²) >= 11 is 1.08. The van der Waals surface area contributed by atoms with Crippen LogP contribution in [0.25, 0.3) is 11.5 Å². The van der Waals surface area contributed by atoms with Crippen molar-refractivity contribution in [3.8, 4) is 23.0 Å². The number of amides is 2. The molecule has 2 amide bonds. The van der Waals surface area contributed by atoms with E-state index >= 15 is 0 Å². The lowest BCUT2D eigenvalue weighted by Gasteiger charge is -2.08. The predicted octanol–water partition coefficient (Wildman–Crippen LogP) is 1.49. The van der Waals surface area contributed by atoms with Crippen molar-refractivity contribution in [2.75, 3.05) is 26.5 Å². The van der Waals surface area contributed by atoms with Crippen LogP contribution in [0.5, 0.6) is 11.5 Å². The number of nitrogens with zero attached hydrogens (tertiary/aromatic N) is 2. The molecule has 1 aromatic heterocycles. The number of benzene rings is 1. The monoisotopic (exact) mass is 394 g/mol. The van der Waals surface area contributed by atoms with Crippen molar-refractivity contribution in [1.29, 1.82) is 0 Å². The maximum atomic E-state index is 11.8. The number of carbonyl (C=O) groups is 2. The Labute approximate surface area is 161 Å². The fraction of sp³-hybridized carbons (Fsp3) is 0.412. The van der Waals surface area contributed by atoms with Gasteiger partial charge >= 0.3 is 0 Å². The predicted molar refractivity (Wildman–Crippen MR) is 99.9 cm³/mol. The zero-order valence-electron chi connectivity index (χ0n) is 15.6. The van der Waals surface area contributed by atoms with E-state index in [4.69, 9.17) is 13.9 Å². The Morgan fingerprint density at radius 3 is 2.63 bits per heavy atom. The fourth-order valence-electron chi connectivity index (χ4n) is 2.08. The van der Waals surface area contributed by atoms with Crippen LogP contribution < -0.4 is 20.1 Å². The minimum absolute atomic E-state index is 0.0236. The molecule has 27 heavy (non-hydrogen) atoms. The Morgan fingerprint density at radius 1 is 1.19 bits per heavy atom. The van der Waals surface area contributed by atoms with Gasteiger partial charge in [-0.05, 0) is 26.0 Å². The lowest BCUT2D eigenvalue weighted by atomic mass is 10.2. The Bertz CT molecular complexity index is 793. The first-order valence-electron chi connectivity index (χ1n) is 8.17. The topological polar surface area (TPSA) is 116 Å². The van der Waals surface area contributed by atoms with Crippen LogP contribution in [0, 0.1) is 0 Å². The maximum Gasteiger partial charge on any atom is 0.277 e. The molecule has 2 aromatic rings. The average Bonchev–Trinajstić information content (AvgIpc) is 3.12. The molecule has 0 atom stereocenters. The number of rotatable bonds is 9.